The highest BCUT2D eigenvalue weighted by atomic mass is 16.3. The minimum atomic E-state index is 0.382. The van der Waals surface area contributed by atoms with Crippen LogP contribution in [0.25, 0.3) is 0 Å². The van der Waals surface area contributed by atoms with E-state index in [-0.39, 0.29) is 0 Å². The second-order valence-electron chi connectivity index (χ2n) is 7.10. The number of aryl methyl sites for hydroxylation is 1. The van der Waals surface area contributed by atoms with Crippen molar-refractivity contribution in [2.24, 2.45) is 5.92 Å². The fraction of sp³-hybridized carbons (Fsp3) is 0.765. The Labute approximate surface area is 122 Å². The van der Waals surface area contributed by atoms with Crippen LogP contribution in [0.2, 0.25) is 0 Å². The summed E-state index contributed by atoms with van der Waals surface area (Å²) in [5.41, 5.74) is 0.382. The highest BCUT2D eigenvalue weighted by Crippen LogP contribution is 2.34. The van der Waals surface area contributed by atoms with E-state index < -0.39 is 0 Å². The summed E-state index contributed by atoms with van der Waals surface area (Å²) in [6, 6.07) is 4.83. The molecule has 2 heterocycles. The third-order valence-corrected chi connectivity index (χ3v) is 5.15. The van der Waals surface area contributed by atoms with Crippen molar-refractivity contribution < 1.29 is 4.42 Å². The Balaban J connectivity index is 1.75. The molecule has 0 radical (unpaired) electrons. The quantitative estimate of drug-likeness (QED) is 0.918. The van der Waals surface area contributed by atoms with Crippen molar-refractivity contribution in [3.63, 3.8) is 0 Å². The van der Waals surface area contributed by atoms with Crippen molar-refractivity contribution in [3.8, 4) is 0 Å². The Bertz CT molecular complexity index is 446. The van der Waals surface area contributed by atoms with Crippen LogP contribution in [-0.4, -0.2) is 29.6 Å². The molecule has 1 atom stereocenters. The summed E-state index contributed by atoms with van der Waals surface area (Å²) in [7, 11) is 0. The summed E-state index contributed by atoms with van der Waals surface area (Å²) in [6.07, 6.45) is 5.44. The zero-order valence-corrected chi connectivity index (χ0v) is 13.1. The van der Waals surface area contributed by atoms with Gasteiger partial charge in [-0.15, -0.1) is 0 Å². The second-order valence-corrected chi connectivity index (χ2v) is 7.10. The van der Waals surface area contributed by atoms with Gasteiger partial charge in [-0.25, -0.2) is 0 Å². The minimum absolute atomic E-state index is 0.382. The maximum Gasteiger partial charge on any atom is 0.118 e. The van der Waals surface area contributed by atoms with Crippen molar-refractivity contribution >= 4 is 0 Å². The molecular weight excluding hydrogens is 248 g/mol. The molecular formula is C17H28N2O. The van der Waals surface area contributed by atoms with Gasteiger partial charge in [0, 0.05) is 24.7 Å². The number of nitrogens with zero attached hydrogens (tertiary/aromatic N) is 1. The van der Waals surface area contributed by atoms with Crippen LogP contribution in [0, 0.1) is 12.8 Å². The van der Waals surface area contributed by atoms with Crippen molar-refractivity contribution in [2.75, 3.05) is 13.1 Å². The van der Waals surface area contributed by atoms with Gasteiger partial charge in [0.15, 0.2) is 0 Å². The normalized spacial score (nSPS) is 26.7. The van der Waals surface area contributed by atoms with Gasteiger partial charge >= 0.3 is 0 Å². The standard InChI is InChI=1S/C17H28N2O/c1-13(2)16-10-18-17(8-4-5-9-17)12-19(16)11-15-7-6-14(3)20-15/h6-7,13,16,18H,4-5,8-12H2,1-3H3. The molecule has 1 saturated heterocycles. The van der Waals surface area contributed by atoms with Crippen LogP contribution in [0.5, 0.6) is 0 Å². The van der Waals surface area contributed by atoms with Gasteiger partial charge in [0.1, 0.15) is 11.5 Å². The Morgan fingerprint density at radius 3 is 2.70 bits per heavy atom. The molecule has 1 aromatic rings. The molecule has 1 N–H and O–H groups in total. The Hall–Kier alpha value is -0.800. The monoisotopic (exact) mass is 276 g/mol. The second kappa shape index (κ2) is 5.53. The number of piperazine rings is 1. The number of furan rings is 1. The third kappa shape index (κ3) is 2.79. The lowest BCUT2D eigenvalue weighted by Crippen LogP contribution is -2.63. The van der Waals surface area contributed by atoms with Crippen molar-refractivity contribution in [1.29, 1.82) is 0 Å². The average molecular weight is 276 g/mol. The first kappa shape index (κ1) is 14.2. The molecule has 1 spiro atoms. The largest absolute Gasteiger partial charge is 0.465 e. The topological polar surface area (TPSA) is 28.4 Å². The van der Waals surface area contributed by atoms with Gasteiger partial charge in [0.05, 0.1) is 6.54 Å². The van der Waals surface area contributed by atoms with Crippen LogP contribution in [0.3, 0.4) is 0 Å². The van der Waals surface area contributed by atoms with Crippen LogP contribution in [-0.2, 0) is 6.54 Å². The van der Waals surface area contributed by atoms with E-state index >= 15 is 0 Å². The number of hydrogen-bond donors (Lipinski definition) is 1. The number of hydrogen-bond acceptors (Lipinski definition) is 3. The van der Waals surface area contributed by atoms with Gasteiger partial charge in [-0.3, -0.25) is 4.90 Å². The molecule has 0 amide bonds. The SMILES string of the molecule is Cc1ccc(CN2CC3(CCCC3)NCC2C(C)C)o1. The third-order valence-electron chi connectivity index (χ3n) is 5.15. The Kier molecular flexibility index (Phi) is 3.91. The molecule has 112 valence electrons. The van der Waals surface area contributed by atoms with E-state index in [4.69, 9.17) is 4.42 Å². The highest BCUT2D eigenvalue weighted by molar-refractivity contribution is 5.08. The van der Waals surface area contributed by atoms with Gasteiger partial charge in [0.25, 0.3) is 0 Å². The molecule has 0 aromatic carbocycles. The highest BCUT2D eigenvalue weighted by Gasteiger charge is 2.41. The van der Waals surface area contributed by atoms with Crippen LogP contribution in [0.15, 0.2) is 16.5 Å². The summed E-state index contributed by atoms with van der Waals surface area (Å²) in [6.45, 7) is 9.95. The first-order chi connectivity index (χ1) is 9.58. The lowest BCUT2D eigenvalue weighted by Gasteiger charge is -2.47. The first-order valence-electron chi connectivity index (χ1n) is 8.12. The van der Waals surface area contributed by atoms with Crippen molar-refractivity contribution in [3.05, 3.63) is 23.7 Å². The molecule has 0 bridgehead atoms. The van der Waals surface area contributed by atoms with E-state index in [9.17, 15) is 0 Å². The van der Waals surface area contributed by atoms with E-state index in [0.717, 1.165) is 24.6 Å². The van der Waals surface area contributed by atoms with Crippen molar-refractivity contribution in [1.82, 2.24) is 10.2 Å². The number of rotatable bonds is 3. The van der Waals surface area contributed by atoms with E-state index in [1.54, 1.807) is 0 Å². The summed E-state index contributed by atoms with van der Waals surface area (Å²) < 4.78 is 5.80. The molecule has 1 aliphatic carbocycles. The lowest BCUT2D eigenvalue weighted by molar-refractivity contribution is 0.0454. The molecule has 3 rings (SSSR count). The molecule has 20 heavy (non-hydrogen) atoms. The first-order valence-corrected chi connectivity index (χ1v) is 8.12. The van der Waals surface area contributed by atoms with E-state index in [1.165, 1.54) is 32.2 Å². The van der Waals surface area contributed by atoms with Gasteiger partial charge in [-0.05, 0) is 37.8 Å². The fourth-order valence-electron chi connectivity index (χ4n) is 4.00. The molecule has 2 aliphatic rings. The molecule has 3 heteroatoms. The maximum absolute atomic E-state index is 5.80. The van der Waals surface area contributed by atoms with Gasteiger partial charge in [-0.2, -0.15) is 0 Å². The predicted octanol–water partition coefficient (Wildman–Crippen LogP) is 3.33. The van der Waals surface area contributed by atoms with E-state index in [1.807, 2.05) is 6.92 Å². The maximum atomic E-state index is 5.80. The smallest absolute Gasteiger partial charge is 0.118 e. The molecule has 2 fully saturated rings. The summed E-state index contributed by atoms with van der Waals surface area (Å²) in [5, 5.41) is 3.87. The van der Waals surface area contributed by atoms with E-state index in [2.05, 4.69) is 36.2 Å². The van der Waals surface area contributed by atoms with Gasteiger partial charge in [0.2, 0.25) is 0 Å². The van der Waals surface area contributed by atoms with Crippen LogP contribution in [0.1, 0.15) is 51.1 Å². The zero-order valence-electron chi connectivity index (χ0n) is 13.1. The van der Waals surface area contributed by atoms with Crippen LogP contribution in [0.4, 0.5) is 0 Å². The molecule has 1 aromatic heterocycles. The molecule has 3 nitrogen and oxygen atoms in total. The molecule has 1 saturated carbocycles. The minimum Gasteiger partial charge on any atom is -0.465 e. The zero-order chi connectivity index (χ0) is 14.2. The molecule has 1 aliphatic heterocycles. The van der Waals surface area contributed by atoms with E-state index in [0.29, 0.717) is 17.5 Å². The van der Waals surface area contributed by atoms with Crippen LogP contribution >= 0.6 is 0 Å². The molecule has 1 unspecified atom stereocenters. The van der Waals surface area contributed by atoms with Crippen LogP contribution < -0.4 is 5.32 Å². The lowest BCUT2D eigenvalue weighted by atomic mass is 9.89. The van der Waals surface area contributed by atoms with Crippen molar-refractivity contribution in [2.45, 2.75) is 64.6 Å². The Morgan fingerprint density at radius 1 is 1.35 bits per heavy atom. The summed E-state index contributed by atoms with van der Waals surface area (Å²) in [4.78, 5) is 2.66. The Morgan fingerprint density at radius 2 is 2.10 bits per heavy atom. The number of nitrogens with one attached hydrogen (secondary N) is 1. The average Bonchev–Trinajstić information content (AvgIpc) is 2.99. The summed E-state index contributed by atoms with van der Waals surface area (Å²) >= 11 is 0. The van der Waals surface area contributed by atoms with Gasteiger partial charge < -0.3 is 9.73 Å². The fourth-order valence-corrected chi connectivity index (χ4v) is 4.00. The summed E-state index contributed by atoms with van der Waals surface area (Å²) in [5.74, 6) is 2.81. The van der Waals surface area contributed by atoms with Gasteiger partial charge in [-0.1, -0.05) is 26.7 Å². The predicted molar refractivity (Wildman–Crippen MR) is 81.7 cm³/mol.